The highest BCUT2D eigenvalue weighted by Gasteiger charge is 2.37. The maximum Gasteiger partial charge on any atom is 0.317 e. The maximum atomic E-state index is 11.9. The lowest BCUT2D eigenvalue weighted by Gasteiger charge is -2.43. The Hall–Kier alpha value is -0.750. The van der Waals surface area contributed by atoms with Crippen molar-refractivity contribution < 1.29 is 14.7 Å². The number of carboxylic acid groups (broad SMARTS) is 1. The molecule has 2 N–H and O–H groups in total. The van der Waals surface area contributed by atoms with Gasteiger partial charge in [-0.15, -0.1) is 0 Å². The summed E-state index contributed by atoms with van der Waals surface area (Å²) in [5, 5.41) is 12.1. The van der Waals surface area contributed by atoms with Crippen molar-refractivity contribution in [2.24, 2.45) is 11.8 Å². The van der Waals surface area contributed by atoms with Crippen molar-refractivity contribution in [1.29, 1.82) is 0 Å². The fraction of sp³-hybridized carbons (Fsp3) is 0.867. The number of nitrogens with one attached hydrogen (secondary N) is 1. The van der Waals surface area contributed by atoms with E-state index < -0.39 is 5.97 Å². The first-order valence-corrected chi connectivity index (χ1v) is 9.14. The molecule has 0 bridgehead atoms. The van der Waals surface area contributed by atoms with E-state index in [2.05, 4.69) is 10.2 Å². The number of amides is 1. The molecule has 1 atom stereocenters. The van der Waals surface area contributed by atoms with E-state index in [-0.39, 0.29) is 24.4 Å². The van der Waals surface area contributed by atoms with E-state index in [1.54, 1.807) is 11.8 Å². The highest BCUT2D eigenvalue weighted by atomic mass is 32.2. The van der Waals surface area contributed by atoms with E-state index >= 15 is 0 Å². The van der Waals surface area contributed by atoms with Crippen molar-refractivity contribution in [2.75, 3.05) is 25.1 Å². The number of carbonyl (C=O) groups excluding carboxylic acids is 1. The predicted molar refractivity (Wildman–Crippen MR) is 84.4 cm³/mol. The SMILES string of the molecule is CSCC(C)C(=O)NC1CC(N(CC(=O)O)CC2CC2)C1. The summed E-state index contributed by atoms with van der Waals surface area (Å²) in [6.45, 7) is 2.98. The Labute approximate surface area is 130 Å². The van der Waals surface area contributed by atoms with Gasteiger partial charge in [-0.1, -0.05) is 6.92 Å². The summed E-state index contributed by atoms with van der Waals surface area (Å²) in [6, 6.07) is 0.546. The molecule has 0 aromatic heterocycles. The summed E-state index contributed by atoms with van der Waals surface area (Å²) in [6.07, 6.45) is 6.24. The van der Waals surface area contributed by atoms with Crippen molar-refractivity contribution in [3.63, 3.8) is 0 Å². The maximum absolute atomic E-state index is 11.9. The fourth-order valence-corrected chi connectivity index (χ4v) is 3.47. The van der Waals surface area contributed by atoms with Crippen molar-refractivity contribution in [2.45, 2.75) is 44.7 Å². The summed E-state index contributed by atoms with van der Waals surface area (Å²) in [5.41, 5.74) is 0. The molecule has 120 valence electrons. The minimum Gasteiger partial charge on any atom is -0.480 e. The Morgan fingerprint density at radius 1 is 1.38 bits per heavy atom. The second-order valence-corrected chi connectivity index (χ2v) is 7.36. The largest absolute Gasteiger partial charge is 0.480 e. The van der Waals surface area contributed by atoms with Crippen LogP contribution in [0.4, 0.5) is 0 Å². The van der Waals surface area contributed by atoms with Crippen molar-refractivity contribution in [3.8, 4) is 0 Å². The highest BCUT2D eigenvalue weighted by molar-refractivity contribution is 7.98. The third-order valence-corrected chi connectivity index (χ3v) is 5.20. The van der Waals surface area contributed by atoms with E-state index in [0.29, 0.717) is 12.0 Å². The van der Waals surface area contributed by atoms with Crippen molar-refractivity contribution >= 4 is 23.6 Å². The molecule has 1 unspecified atom stereocenters. The van der Waals surface area contributed by atoms with Crippen LogP contribution in [0.3, 0.4) is 0 Å². The number of nitrogens with zero attached hydrogens (tertiary/aromatic N) is 1. The van der Waals surface area contributed by atoms with Gasteiger partial charge in [-0.05, 0) is 37.9 Å². The average Bonchev–Trinajstić information content (AvgIpc) is 3.15. The standard InChI is InChI=1S/C15H26N2O3S/c1-10(9-21-2)15(20)16-12-5-13(6-12)17(8-14(18)19)7-11-3-4-11/h10-13H,3-9H2,1-2H3,(H,16,20)(H,18,19). The number of carbonyl (C=O) groups is 2. The molecule has 2 aliphatic carbocycles. The normalized spacial score (nSPS) is 26.2. The molecule has 0 saturated heterocycles. The first-order chi connectivity index (χ1) is 9.99. The third kappa shape index (κ3) is 5.18. The van der Waals surface area contributed by atoms with Gasteiger partial charge in [0.2, 0.25) is 5.91 Å². The lowest BCUT2D eigenvalue weighted by Crippen LogP contribution is -2.56. The van der Waals surface area contributed by atoms with Crippen LogP contribution in [0.5, 0.6) is 0 Å². The Balaban J connectivity index is 1.72. The van der Waals surface area contributed by atoms with Crippen LogP contribution in [0.25, 0.3) is 0 Å². The van der Waals surface area contributed by atoms with Crippen LogP contribution < -0.4 is 5.32 Å². The number of hydrogen-bond donors (Lipinski definition) is 2. The zero-order valence-electron chi connectivity index (χ0n) is 12.9. The summed E-state index contributed by atoms with van der Waals surface area (Å²) in [5.74, 6) is 0.950. The molecule has 0 aromatic carbocycles. The van der Waals surface area contributed by atoms with Crippen LogP contribution in [-0.4, -0.2) is 59.1 Å². The molecular weight excluding hydrogens is 288 g/mol. The first kappa shape index (κ1) is 16.6. The van der Waals surface area contributed by atoms with E-state index in [9.17, 15) is 9.59 Å². The number of carboxylic acids is 1. The van der Waals surface area contributed by atoms with Crippen molar-refractivity contribution in [1.82, 2.24) is 10.2 Å². The van der Waals surface area contributed by atoms with Gasteiger partial charge in [-0.2, -0.15) is 11.8 Å². The van der Waals surface area contributed by atoms with E-state index in [4.69, 9.17) is 5.11 Å². The lowest BCUT2D eigenvalue weighted by atomic mass is 9.85. The molecule has 5 nitrogen and oxygen atoms in total. The van der Waals surface area contributed by atoms with E-state index in [0.717, 1.165) is 25.1 Å². The lowest BCUT2D eigenvalue weighted by molar-refractivity contribution is -0.140. The van der Waals surface area contributed by atoms with Gasteiger partial charge >= 0.3 is 5.97 Å². The van der Waals surface area contributed by atoms with Gasteiger partial charge in [0.15, 0.2) is 0 Å². The van der Waals surface area contributed by atoms with Crippen LogP contribution >= 0.6 is 11.8 Å². The molecule has 6 heteroatoms. The van der Waals surface area contributed by atoms with Crippen LogP contribution in [0.1, 0.15) is 32.6 Å². The van der Waals surface area contributed by atoms with Gasteiger partial charge < -0.3 is 10.4 Å². The first-order valence-electron chi connectivity index (χ1n) is 7.74. The minimum atomic E-state index is -0.753. The summed E-state index contributed by atoms with van der Waals surface area (Å²) < 4.78 is 0. The van der Waals surface area contributed by atoms with Gasteiger partial charge in [0, 0.05) is 30.3 Å². The van der Waals surface area contributed by atoms with Crippen LogP contribution in [0.15, 0.2) is 0 Å². The molecule has 0 aromatic rings. The smallest absolute Gasteiger partial charge is 0.317 e. The molecule has 2 saturated carbocycles. The predicted octanol–water partition coefficient (Wildman–Crippen LogP) is 1.43. The third-order valence-electron chi connectivity index (χ3n) is 4.37. The van der Waals surface area contributed by atoms with Gasteiger partial charge in [-0.25, -0.2) is 0 Å². The molecule has 0 heterocycles. The molecule has 2 fully saturated rings. The number of thioether (sulfide) groups is 1. The Morgan fingerprint density at radius 3 is 2.57 bits per heavy atom. The van der Waals surface area contributed by atoms with Crippen LogP contribution in [-0.2, 0) is 9.59 Å². The average molecular weight is 314 g/mol. The van der Waals surface area contributed by atoms with Crippen LogP contribution in [0, 0.1) is 11.8 Å². The Bertz CT molecular complexity index is 381. The monoisotopic (exact) mass is 314 g/mol. The molecule has 2 aliphatic rings. The summed E-state index contributed by atoms with van der Waals surface area (Å²) in [4.78, 5) is 25.0. The second kappa shape index (κ2) is 7.49. The highest BCUT2D eigenvalue weighted by Crippen LogP contribution is 2.33. The van der Waals surface area contributed by atoms with Crippen molar-refractivity contribution in [3.05, 3.63) is 0 Å². The quantitative estimate of drug-likeness (QED) is 0.674. The Kier molecular flexibility index (Phi) is 5.93. The zero-order chi connectivity index (χ0) is 15.4. The second-order valence-electron chi connectivity index (χ2n) is 6.45. The fourth-order valence-electron chi connectivity index (χ4n) is 2.82. The Morgan fingerprint density at radius 2 is 2.05 bits per heavy atom. The molecule has 0 spiro atoms. The minimum absolute atomic E-state index is 0.0423. The summed E-state index contributed by atoms with van der Waals surface area (Å²) in [7, 11) is 0. The molecular formula is C15H26N2O3S. The molecule has 2 rings (SSSR count). The van der Waals surface area contributed by atoms with Gasteiger partial charge in [0.25, 0.3) is 0 Å². The molecule has 1 amide bonds. The number of rotatable bonds is 9. The molecule has 0 aliphatic heterocycles. The van der Waals surface area contributed by atoms with Gasteiger partial charge in [0.05, 0.1) is 6.54 Å². The number of aliphatic carboxylic acids is 1. The van der Waals surface area contributed by atoms with E-state index in [1.807, 2.05) is 13.2 Å². The summed E-state index contributed by atoms with van der Waals surface area (Å²) >= 11 is 1.68. The number of hydrogen-bond acceptors (Lipinski definition) is 4. The van der Waals surface area contributed by atoms with Gasteiger partial charge in [-0.3, -0.25) is 14.5 Å². The van der Waals surface area contributed by atoms with Crippen LogP contribution in [0.2, 0.25) is 0 Å². The zero-order valence-corrected chi connectivity index (χ0v) is 13.7. The van der Waals surface area contributed by atoms with Gasteiger partial charge in [0.1, 0.15) is 0 Å². The molecule has 21 heavy (non-hydrogen) atoms. The molecule has 0 radical (unpaired) electrons. The topological polar surface area (TPSA) is 69.6 Å². The van der Waals surface area contributed by atoms with E-state index in [1.165, 1.54) is 12.8 Å².